The molecular weight excluding hydrogens is 691 g/mol. The van der Waals surface area contributed by atoms with E-state index in [-0.39, 0.29) is 60.5 Å². The summed E-state index contributed by atoms with van der Waals surface area (Å²) in [4.78, 5) is 28.9. The predicted molar refractivity (Wildman–Crippen MR) is 211 cm³/mol. The lowest BCUT2D eigenvalue weighted by Gasteiger charge is -2.56. The molecule has 9 rings (SSSR count). The normalized spacial score (nSPS) is 26.6. The maximum absolute atomic E-state index is 14.7. The molecule has 0 amide bonds. The Hall–Kier alpha value is -4.76. The van der Waals surface area contributed by atoms with Crippen molar-refractivity contribution in [2.24, 2.45) is 35.0 Å². The molecular formula is C47H51NO7. The van der Waals surface area contributed by atoms with Crippen molar-refractivity contribution in [1.82, 2.24) is 5.32 Å². The number of carbonyl (C=O) groups excluding carboxylic acids is 2. The quantitative estimate of drug-likeness (QED) is 0.131. The molecule has 1 saturated heterocycles. The van der Waals surface area contributed by atoms with Gasteiger partial charge in [0.15, 0.2) is 0 Å². The first-order valence-corrected chi connectivity index (χ1v) is 20.0. The van der Waals surface area contributed by atoms with Gasteiger partial charge in [-0.15, -0.1) is 0 Å². The second-order valence-electron chi connectivity index (χ2n) is 16.0. The smallest absolute Gasteiger partial charge is 0.340 e. The van der Waals surface area contributed by atoms with Gasteiger partial charge >= 0.3 is 11.9 Å². The Morgan fingerprint density at radius 1 is 0.927 bits per heavy atom. The second kappa shape index (κ2) is 15.4. The van der Waals surface area contributed by atoms with Gasteiger partial charge in [-0.2, -0.15) is 0 Å². The number of ether oxygens (including phenoxy) is 2. The lowest BCUT2D eigenvalue weighted by molar-refractivity contribution is -0.135. The van der Waals surface area contributed by atoms with Crippen molar-refractivity contribution in [2.45, 2.75) is 64.8 Å². The number of aliphatic hydroxyl groups is 2. The van der Waals surface area contributed by atoms with Crippen LogP contribution in [0.25, 0.3) is 16.7 Å². The van der Waals surface area contributed by atoms with Gasteiger partial charge in [0, 0.05) is 36.8 Å². The van der Waals surface area contributed by atoms with Crippen molar-refractivity contribution in [3.63, 3.8) is 0 Å². The number of phenols is 1. The summed E-state index contributed by atoms with van der Waals surface area (Å²) in [6, 6.07) is 24.2. The zero-order valence-corrected chi connectivity index (χ0v) is 31.7. The van der Waals surface area contributed by atoms with Crippen LogP contribution in [0.3, 0.4) is 0 Å². The van der Waals surface area contributed by atoms with Gasteiger partial charge in [0.25, 0.3) is 0 Å². The number of carbonyl (C=O) groups is 2. The molecule has 3 aromatic rings. The summed E-state index contributed by atoms with van der Waals surface area (Å²) in [5, 5.41) is 33.7. The standard InChI is InChI=1S/C47H51NO7/c1-3-28(22-29-8-5-4-6-9-29)24-40-47-20-18-35(36-15-16-37-39(17-12-30(27-50)19-21-49)54-45(52)42(37)43(36)47)41(44(47)46(53)55-40)38-25-33(51)13-14-34(38)32-11-7-10-31(23-32)26-48-2/h4-11,13-14,17,23-25,28,30,35-36,43,48-51H,3,12,15-16,18-22,26-27H2,1-2H3. The number of aliphatic hydroxyl groups excluding tert-OH is 2. The second-order valence-corrected chi connectivity index (χ2v) is 16.0. The fraction of sp³-hybridized carbons (Fsp3) is 0.404. The number of esters is 2. The van der Waals surface area contributed by atoms with Crippen LogP contribution in [-0.2, 0) is 32.0 Å². The SMILES string of the molecule is CCC(C=C1OC(=O)C2=C(c3cc(O)ccc3-c3cccc(CNC)c3)C3CCC12C1C2=C(CCC31)C(=CCC(CO)CCO)OC2=O)Cc1ccccc1. The molecule has 0 aromatic heterocycles. The molecule has 3 aromatic carbocycles. The van der Waals surface area contributed by atoms with Crippen LogP contribution in [0.4, 0.5) is 0 Å². The number of benzene rings is 3. The summed E-state index contributed by atoms with van der Waals surface area (Å²) in [7, 11) is 1.92. The molecule has 2 bridgehead atoms. The minimum Gasteiger partial charge on any atom is -0.508 e. The van der Waals surface area contributed by atoms with E-state index in [4.69, 9.17) is 9.47 Å². The van der Waals surface area contributed by atoms with Gasteiger partial charge in [-0.3, -0.25) is 0 Å². The predicted octanol–water partition coefficient (Wildman–Crippen LogP) is 7.80. The first-order chi connectivity index (χ1) is 26.8. The third-order valence-corrected chi connectivity index (χ3v) is 12.9. The average Bonchev–Trinajstić information content (AvgIpc) is 3.69. The Bertz CT molecular complexity index is 2110. The van der Waals surface area contributed by atoms with Crippen LogP contribution in [0.15, 0.2) is 113 Å². The van der Waals surface area contributed by atoms with Gasteiger partial charge in [0.2, 0.25) is 0 Å². The van der Waals surface area contributed by atoms with Crippen LogP contribution in [0.1, 0.15) is 68.6 Å². The van der Waals surface area contributed by atoms with Crippen LogP contribution in [0.2, 0.25) is 0 Å². The summed E-state index contributed by atoms with van der Waals surface area (Å²) in [6.45, 7) is 2.77. The molecule has 6 aliphatic rings. The Balaban J connectivity index is 1.33. The van der Waals surface area contributed by atoms with Crippen molar-refractivity contribution < 1.29 is 34.4 Å². The molecule has 286 valence electrons. The summed E-state index contributed by atoms with van der Waals surface area (Å²) < 4.78 is 12.6. The third-order valence-electron chi connectivity index (χ3n) is 12.9. The molecule has 2 heterocycles. The Morgan fingerprint density at radius 3 is 2.51 bits per heavy atom. The molecule has 0 radical (unpaired) electrons. The maximum atomic E-state index is 14.7. The van der Waals surface area contributed by atoms with Crippen molar-refractivity contribution in [3.8, 4) is 16.9 Å². The van der Waals surface area contributed by atoms with Crippen molar-refractivity contribution >= 4 is 17.5 Å². The third kappa shape index (κ3) is 6.48. The fourth-order valence-electron chi connectivity index (χ4n) is 10.5. The molecule has 4 aliphatic carbocycles. The van der Waals surface area contributed by atoms with E-state index in [1.807, 2.05) is 49.5 Å². The van der Waals surface area contributed by atoms with E-state index in [9.17, 15) is 24.9 Å². The number of hydrogen-bond donors (Lipinski definition) is 4. The monoisotopic (exact) mass is 741 g/mol. The van der Waals surface area contributed by atoms with Gasteiger partial charge in [0.05, 0.1) is 11.0 Å². The van der Waals surface area contributed by atoms with Gasteiger partial charge in [-0.25, -0.2) is 9.59 Å². The zero-order valence-electron chi connectivity index (χ0n) is 31.7. The van der Waals surface area contributed by atoms with E-state index >= 15 is 0 Å². The number of cyclic esters (lactones) is 2. The first kappa shape index (κ1) is 37.2. The topological polar surface area (TPSA) is 125 Å². The highest BCUT2D eigenvalue weighted by Gasteiger charge is 2.68. The van der Waals surface area contributed by atoms with Crippen LogP contribution in [0.5, 0.6) is 5.75 Å². The van der Waals surface area contributed by atoms with Crippen LogP contribution >= 0.6 is 0 Å². The van der Waals surface area contributed by atoms with E-state index < -0.39 is 5.41 Å². The summed E-state index contributed by atoms with van der Waals surface area (Å²) in [5.74, 6) is 0.211. The first-order valence-electron chi connectivity index (χ1n) is 20.0. The number of aromatic hydroxyl groups is 1. The zero-order chi connectivity index (χ0) is 38.3. The summed E-state index contributed by atoms with van der Waals surface area (Å²) >= 11 is 0. The Labute approximate surface area is 323 Å². The van der Waals surface area contributed by atoms with Gasteiger partial charge in [-0.1, -0.05) is 61.5 Å². The Morgan fingerprint density at radius 2 is 1.75 bits per heavy atom. The van der Waals surface area contributed by atoms with E-state index in [1.54, 1.807) is 6.07 Å². The molecule has 6 unspecified atom stereocenters. The molecule has 2 fully saturated rings. The van der Waals surface area contributed by atoms with Crippen LogP contribution in [0, 0.1) is 35.0 Å². The molecule has 8 heteroatoms. The van der Waals surface area contributed by atoms with Gasteiger partial charge < -0.3 is 30.1 Å². The number of hydrogen-bond acceptors (Lipinski definition) is 8. The number of fused-ring (bicyclic) bond motifs is 1. The fourth-order valence-corrected chi connectivity index (χ4v) is 10.5. The van der Waals surface area contributed by atoms with E-state index in [1.165, 1.54) is 5.56 Å². The van der Waals surface area contributed by atoms with Gasteiger partial charge in [0.1, 0.15) is 17.3 Å². The van der Waals surface area contributed by atoms with Crippen molar-refractivity contribution in [3.05, 3.63) is 130 Å². The molecule has 4 N–H and O–H groups in total. The number of phenolic OH excluding ortho intramolecular Hbond substituents is 1. The highest BCUT2D eigenvalue weighted by molar-refractivity contribution is 6.07. The molecule has 2 aliphatic heterocycles. The maximum Gasteiger partial charge on any atom is 0.340 e. The molecule has 1 saturated carbocycles. The van der Waals surface area contributed by atoms with E-state index in [0.717, 1.165) is 59.1 Å². The van der Waals surface area contributed by atoms with Gasteiger partial charge in [-0.05, 0) is 146 Å². The van der Waals surface area contributed by atoms with Crippen LogP contribution in [-0.4, -0.2) is 47.5 Å². The molecule has 6 atom stereocenters. The molecule has 1 spiro atoms. The minimum atomic E-state index is -0.882. The Kier molecular flexibility index (Phi) is 10.4. The molecule has 55 heavy (non-hydrogen) atoms. The molecule has 8 nitrogen and oxygen atoms in total. The van der Waals surface area contributed by atoms with E-state index in [0.29, 0.717) is 54.9 Å². The highest BCUT2D eigenvalue weighted by Crippen LogP contribution is 2.72. The van der Waals surface area contributed by atoms with Crippen molar-refractivity contribution in [2.75, 3.05) is 20.3 Å². The minimum absolute atomic E-state index is 0.0261. The highest BCUT2D eigenvalue weighted by atomic mass is 16.5. The summed E-state index contributed by atoms with van der Waals surface area (Å²) in [6.07, 6.45) is 9.59. The van der Waals surface area contributed by atoms with E-state index in [2.05, 4.69) is 48.6 Å². The largest absolute Gasteiger partial charge is 0.508 e. The number of allylic oxidation sites excluding steroid dienone is 5. The number of nitrogens with one attached hydrogen (secondary N) is 1. The number of rotatable bonds is 13. The lowest BCUT2D eigenvalue weighted by Crippen LogP contribution is -2.52. The average molecular weight is 742 g/mol. The lowest BCUT2D eigenvalue weighted by atomic mass is 9.44. The summed E-state index contributed by atoms with van der Waals surface area (Å²) in [5.41, 5.74) is 7.34. The van der Waals surface area contributed by atoms with Crippen molar-refractivity contribution in [1.29, 1.82) is 0 Å². The van der Waals surface area contributed by atoms with Crippen LogP contribution < -0.4 is 5.32 Å².